The maximum absolute atomic E-state index is 12.7. The smallest absolute Gasteiger partial charge is 0.370 e. The van der Waals surface area contributed by atoms with E-state index in [1.165, 1.54) is 17.0 Å². The third kappa shape index (κ3) is 6.91. The number of halogens is 5. The lowest BCUT2D eigenvalue weighted by atomic mass is 10.2. The molecule has 1 saturated heterocycles. The molecule has 2 rings (SSSR count). The van der Waals surface area contributed by atoms with Crippen molar-refractivity contribution in [2.24, 2.45) is 5.73 Å². The molecule has 1 fully saturated rings. The highest BCUT2D eigenvalue weighted by atomic mass is 19.4. The van der Waals surface area contributed by atoms with Gasteiger partial charge in [-0.15, -0.1) is 0 Å². The molecule has 1 heterocycles. The number of rotatable bonds is 8. The number of hydrogen-bond acceptors (Lipinski definition) is 5. The number of alkyl halides is 5. The van der Waals surface area contributed by atoms with Crippen molar-refractivity contribution in [1.29, 1.82) is 0 Å². The highest BCUT2D eigenvalue weighted by Gasteiger charge is 2.37. The summed E-state index contributed by atoms with van der Waals surface area (Å²) in [5, 5.41) is 2.37. The van der Waals surface area contributed by atoms with E-state index in [1.807, 2.05) is 0 Å². The quantitative estimate of drug-likeness (QED) is 0.617. The molecule has 1 atom stereocenters. The number of carbonyl (C=O) groups is 2. The Morgan fingerprint density at radius 3 is 2.45 bits per heavy atom. The lowest BCUT2D eigenvalue weighted by Gasteiger charge is -2.30. The maximum atomic E-state index is 12.7. The number of anilines is 2. The summed E-state index contributed by atoms with van der Waals surface area (Å²) in [4.78, 5) is 26.0. The maximum Gasteiger partial charge on any atom is 0.401 e. The van der Waals surface area contributed by atoms with E-state index < -0.39 is 44.2 Å². The topological polar surface area (TPSA) is 87.9 Å². The van der Waals surface area contributed by atoms with Gasteiger partial charge in [0.15, 0.2) is 0 Å². The van der Waals surface area contributed by atoms with Crippen LogP contribution in [0.1, 0.15) is 0 Å². The number of morpholine rings is 1. The first kappa shape index (κ1) is 23.0. The highest BCUT2D eigenvalue weighted by Crippen LogP contribution is 2.22. The summed E-state index contributed by atoms with van der Waals surface area (Å²) in [6, 6.07) is 4.40. The van der Waals surface area contributed by atoms with Gasteiger partial charge in [0.2, 0.25) is 5.91 Å². The zero-order valence-corrected chi connectivity index (χ0v) is 15.3. The standard InChI is InChI=1S/C17H21F5N4O3/c18-14(19)8-25(10-17(20,21)22)13(7-23)16(28)24-11-1-3-12(4-2-11)26-5-6-29-9-15(26)27/h1-4,13-14H,5-10,23H2,(H,24,28)/t13-/m1/s1. The molecule has 3 N–H and O–H groups in total. The molecule has 2 amide bonds. The first-order valence-electron chi connectivity index (χ1n) is 8.68. The van der Waals surface area contributed by atoms with Crippen LogP contribution in [0, 0.1) is 0 Å². The number of nitrogens with two attached hydrogens (primary N) is 1. The number of benzene rings is 1. The second-order valence-electron chi connectivity index (χ2n) is 6.32. The van der Waals surface area contributed by atoms with E-state index in [0.29, 0.717) is 23.7 Å². The van der Waals surface area contributed by atoms with Crippen LogP contribution in [0.25, 0.3) is 0 Å². The van der Waals surface area contributed by atoms with Gasteiger partial charge in [0, 0.05) is 24.5 Å². The van der Waals surface area contributed by atoms with Crippen LogP contribution in [-0.2, 0) is 14.3 Å². The molecule has 162 valence electrons. The first-order chi connectivity index (χ1) is 13.6. The molecule has 0 saturated carbocycles. The minimum absolute atomic E-state index is 0.0458. The number of ether oxygens (including phenoxy) is 1. The Bertz CT molecular complexity index is 699. The minimum Gasteiger partial charge on any atom is -0.370 e. The average Bonchev–Trinajstić information content (AvgIpc) is 2.61. The SMILES string of the molecule is NC[C@H](C(=O)Nc1ccc(N2CCOCC2=O)cc1)N(CC(F)F)CC(F)(F)F. The van der Waals surface area contributed by atoms with Gasteiger partial charge in [-0.25, -0.2) is 8.78 Å². The lowest BCUT2D eigenvalue weighted by molar-refractivity contribution is -0.157. The third-order valence-electron chi connectivity index (χ3n) is 4.15. The zero-order valence-electron chi connectivity index (χ0n) is 15.3. The predicted octanol–water partition coefficient (Wildman–Crippen LogP) is 1.44. The normalized spacial score (nSPS) is 16.4. The van der Waals surface area contributed by atoms with E-state index in [1.54, 1.807) is 12.1 Å². The fraction of sp³-hybridized carbons (Fsp3) is 0.529. The number of hydrogen-bond donors (Lipinski definition) is 2. The van der Waals surface area contributed by atoms with Crippen LogP contribution in [-0.4, -0.2) is 74.8 Å². The molecule has 1 aliphatic heterocycles. The lowest BCUT2D eigenvalue weighted by Crippen LogP contribution is -2.53. The van der Waals surface area contributed by atoms with E-state index in [2.05, 4.69) is 5.32 Å². The highest BCUT2D eigenvalue weighted by molar-refractivity contribution is 5.97. The second-order valence-corrected chi connectivity index (χ2v) is 6.32. The summed E-state index contributed by atoms with van der Waals surface area (Å²) < 4.78 is 68.5. The molecule has 7 nitrogen and oxygen atoms in total. The van der Waals surface area contributed by atoms with Gasteiger partial charge in [-0.2, -0.15) is 13.2 Å². The van der Waals surface area contributed by atoms with Crippen LogP contribution < -0.4 is 16.0 Å². The first-order valence-corrected chi connectivity index (χ1v) is 8.68. The molecule has 12 heteroatoms. The molecule has 29 heavy (non-hydrogen) atoms. The number of nitrogens with zero attached hydrogens (tertiary/aromatic N) is 2. The molecule has 0 aromatic heterocycles. The van der Waals surface area contributed by atoms with Gasteiger partial charge in [-0.1, -0.05) is 0 Å². The molecule has 0 aliphatic carbocycles. The predicted molar refractivity (Wildman–Crippen MR) is 94.7 cm³/mol. The van der Waals surface area contributed by atoms with Crippen LogP contribution in [0.4, 0.5) is 33.3 Å². The Balaban J connectivity index is 2.08. The van der Waals surface area contributed by atoms with Crippen molar-refractivity contribution in [2.45, 2.75) is 18.6 Å². The van der Waals surface area contributed by atoms with Gasteiger partial charge >= 0.3 is 6.18 Å². The van der Waals surface area contributed by atoms with E-state index in [4.69, 9.17) is 10.5 Å². The Morgan fingerprint density at radius 1 is 1.28 bits per heavy atom. The number of nitrogens with one attached hydrogen (secondary N) is 1. The van der Waals surface area contributed by atoms with Crippen LogP contribution in [0.2, 0.25) is 0 Å². The zero-order chi connectivity index (χ0) is 21.6. The van der Waals surface area contributed by atoms with Crippen LogP contribution in [0.5, 0.6) is 0 Å². The Hall–Kier alpha value is -2.31. The van der Waals surface area contributed by atoms with Crippen molar-refractivity contribution in [3.63, 3.8) is 0 Å². The van der Waals surface area contributed by atoms with Gasteiger partial charge in [0.05, 0.1) is 19.7 Å². The molecule has 0 bridgehead atoms. The molecule has 1 aromatic rings. The molecular formula is C17H21F5N4O3. The van der Waals surface area contributed by atoms with E-state index in [9.17, 15) is 31.5 Å². The molecule has 1 aliphatic rings. The number of amides is 2. The van der Waals surface area contributed by atoms with Crippen LogP contribution in [0.15, 0.2) is 24.3 Å². The van der Waals surface area contributed by atoms with Crippen molar-refractivity contribution in [1.82, 2.24) is 4.90 Å². The van der Waals surface area contributed by atoms with Gasteiger partial charge in [-0.3, -0.25) is 14.5 Å². The average molecular weight is 424 g/mol. The van der Waals surface area contributed by atoms with Crippen LogP contribution in [0.3, 0.4) is 0 Å². The van der Waals surface area contributed by atoms with Crippen LogP contribution >= 0.6 is 0 Å². The van der Waals surface area contributed by atoms with Gasteiger partial charge in [0.25, 0.3) is 12.3 Å². The molecule has 0 unspecified atom stereocenters. The monoisotopic (exact) mass is 424 g/mol. The van der Waals surface area contributed by atoms with Crippen molar-refractivity contribution >= 4 is 23.2 Å². The van der Waals surface area contributed by atoms with Crippen molar-refractivity contribution in [2.75, 3.05) is 49.6 Å². The van der Waals surface area contributed by atoms with Crippen molar-refractivity contribution in [3.05, 3.63) is 24.3 Å². The third-order valence-corrected chi connectivity index (χ3v) is 4.15. The molecule has 1 aromatic carbocycles. The van der Waals surface area contributed by atoms with E-state index >= 15 is 0 Å². The molecule has 0 radical (unpaired) electrons. The largest absolute Gasteiger partial charge is 0.401 e. The summed E-state index contributed by atoms with van der Waals surface area (Å²) in [5.41, 5.74) is 6.17. The Labute approximate surface area is 163 Å². The van der Waals surface area contributed by atoms with Gasteiger partial charge in [0.1, 0.15) is 12.6 Å². The van der Waals surface area contributed by atoms with Gasteiger partial charge < -0.3 is 20.7 Å². The summed E-state index contributed by atoms with van der Waals surface area (Å²) in [5.74, 6) is -1.17. The molecular weight excluding hydrogens is 403 g/mol. The van der Waals surface area contributed by atoms with E-state index in [-0.39, 0.29) is 18.2 Å². The summed E-state index contributed by atoms with van der Waals surface area (Å²) in [6.45, 7) is -2.82. The van der Waals surface area contributed by atoms with Crippen molar-refractivity contribution < 1.29 is 36.3 Å². The van der Waals surface area contributed by atoms with Crippen molar-refractivity contribution in [3.8, 4) is 0 Å². The minimum atomic E-state index is -4.77. The second kappa shape index (κ2) is 9.94. The number of carbonyl (C=O) groups excluding carboxylic acids is 2. The van der Waals surface area contributed by atoms with E-state index in [0.717, 1.165) is 0 Å². The molecule has 0 spiro atoms. The van der Waals surface area contributed by atoms with Gasteiger partial charge in [-0.05, 0) is 24.3 Å². The Morgan fingerprint density at radius 2 is 1.93 bits per heavy atom. The summed E-state index contributed by atoms with van der Waals surface area (Å²) >= 11 is 0. The Kier molecular flexibility index (Phi) is 7.88. The summed E-state index contributed by atoms with van der Waals surface area (Å²) in [7, 11) is 0. The fourth-order valence-corrected chi connectivity index (χ4v) is 2.87. The summed E-state index contributed by atoms with van der Waals surface area (Å²) in [6.07, 6.45) is -7.83. The fourth-order valence-electron chi connectivity index (χ4n) is 2.87.